The predicted molar refractivity (Wildman–Crippen MR) is 112 cm³/mol. The predicted octanol–water partition coefficient (Wildman–Crippen LogP) is 2.93. The highest BCUT2D eigenvalue weighted by molar-refractivity contribution is 7.15. The number of nitrogens with zero attached hydrogens (tertiary/aromatic N) is 5. The Bertz CT molecular complexity index is 1350. The van der Waals surface area contributed by atoms with E-state index in [2.05, 4.69) is 15.1 Å². The highest BCUT2D eigenvalue weighted by Gasteiger charge is 2.17. The number of nitrogens with two attached hydrogens (primary N) is 1. The summed E-state index contributed by atoms with van der Waals surface area (Å²) in [5.74, 6) is -1.51. The summed E-state index contributed by atoms with van der Waals surface area (Å²) in [6.45, 7) is 1.74. The third kappa shape index (κ3) is 4.18. The molecule has 0 spiro atoms. The maximum Gasteiger partial charge on any atom is 0.350 e. The van der Waals surface area contributed by atoms with Crippen LogP contribution in [0.2, 0.25) is 5.02 Å². The van der Waals surface area contributed by atoms with Crippen LogP contribution in [0.3, 0.4) is 0 Å². The van der Waals surface area contributed by atoms with Gasteiger partial charge in [0.1, 0.15) is 6.33 Å². The fourth-order valence-corrected chi connectivity index (χ4v) is 3.67. The molecule has 158 valence electrons. The lowest BCUT2D eigenvalue weighted by Crippen LogP contribution is -2.24. The Morgan fingerprint density at radius 3 is 2.84 bits per heavy atom. The number of carbonyl (C=O) groups excluding carboxylic acids is 1. The van der Waals surface area contributed by atoms with Gasteiger partial charge in [-0.1, -0.05) is 22.9 Å². The van der Waals surface area contributed by atoms with Gasteiger partial charge < -0.3 is 10.5 Å². The van der Waals surface area contributed by atoms with Gasteiger partial charge in [0.15, 0.2) is 16.6 Å². The molecule has 9 nitrogen and oxygen atoms in total. The summed E-state index contributed by atoms with van der Waals surface area (Å²) in [5, 5.41) is 4.77. The molecule has 0 fully saturated rings. The van der Waals surface area contributed by atoms with Crippen molar-refractivity contribution in [2.45, 2.75) is 13.5 Å². The number of hydrogen-bond donors (Lipinski definition) is 1. The molecule has 0 radical (unpaired) electrons. The summed E-state index contributed by atoms with van der Waals surface area (Å²) in [6, 6.07) is 7.32. The van der Waals surface area contributed by atoms with Crippen molar-refractivity contribution in [3.63, 3.8) is 0 Å². The average molecular weight is 461 g/mol. The molecule has 4 aromatic rings. The Hall–Kier alpha value is -3.57. The number of rotatable bonds is 6. The second-order valence-corrected chi connectivity index (χ2v) is 7.73. The fourth-order valence-electron chi connectivity index (χ4n) is 2.70. The highest BCUT2D eigenvalue weighted by Crippen LogP contribution is 2.33. The molecule has 0 bridgehead atoms. The molecular formula is C19H14ClFN6O3S. The Labute approximate surface area is 183 Å². The van der Waals surface area contributed by atoms with E-state index in [0.29, 0.717) is 16.4 Å². The lowest BCUT2D eigenvalue weighted by molar-refractivity contribution is 0.1000. The van der Waals surface area contributed by atoms with Gasteiger partial charge in [-0.05, 0) is 31.2 Å². The topological polar surface area (TPSA) is 118 Å². The summed E-state index contributed by atoms with van der Waals surface area (Å²) < 4.78 is 22.5. The molecule has 1 aromatic carbocycles. The smallest absolute Gasteiger partial charge is 0.350 e. The fraction of sp³-hybridized carbons (Fsp3) is 0.105. The lowest BCUT2D eigenvalue weighted by atomic mass is 10.3. The van der Waals surface area contributed by atoms with Gasteiger partial charge in [0.05, 0.1) is 28.6 Å². The van der Waals surface area contributed by atoms with Crippen molar-refractivity contribution in [1.82, 2.24) is 24.3 Å². The summed E-state index contributed by atoms with van der Waals surface area (Å²) in [7, 11) is 0. The number of amides is 1. The molecular weight excluding hydrogens is 447 g/mol. The first-order chi connectivity index (χ1) is 14.8. The summed E-state index contributed by atoms with van der Waals surface area (Å²) in [6.07, 6.45) is 2.89. The number of thiazole rings is 1. The number of halogens is 2. The normalized spacial score (nSPS) is 10.9. The van der Waals surface area contributed by atoms with Crippen molar-refractivity contribution in [3.8, 4) is 16.5 Å². The molecule has 0 atom stereocenters. The van der Waals surface area contributed by atoms with Crippen LogP contribution in [-0.4, -0.2) is 30.2 Å². The molecule has 0 aliphatic heterocycles. The minimum Gasteiger partial charge on any atom is -0.442 e. The summed E-state index contributed by atoms with van der Waals surface area (Å²) >= 11 is 7.00. The molecule has 0 aliphatic rings. The van der Waals surface area contributed by atoms with Crippen LogP contribution in [0, 0.1) is 12.7 Å². The van der Waals surface area contributed by atoms with Gasteiger partial charge in [-0.25, -0.2) is 14.2 Å². The zero-order valence-electron chi connectivity index (χ0n) is 16.0. The molecule has 1 amide bonds. The molecule has 12 heteroatoms. The quantitative estimate of drug-likeness (QED) is 0.472. The number of aryl methyl sites for hydroxylation is 1. The van der Waals surface area contributed by atoms with E-state index in [1.165, 1.54) is 23.0 Å². The van der Waals surface area contributed by atoms with Crippen LogP contribution in [-0.2, 0) is 6.54 Å². The van der Waals surface area contributed by atoms with Crippen LogP contribution in [0.25, 0.3) is 5.69 Å². The van der Waals surface area contributed by atoms with E-state index >= 15 is 0 Å². The van der Waals surface area contributed by atoms with Gasteiger partial charge in [0.25, 0.3) is 5.91 Å². The second kappa shape index (κ2) is 8.28. The van der Waals surface area contributed by atoms with Crippen LogP contribution in [0.15, 0.2) is 47.7 Å². The van der Waals surface area contributed by atoms with Crippen LogP contribution in [0.4, 0.5) is 4.39 Å². The molecule has 0 aliphatic carbocycles. The third-order valence-corrected chi connectivity index (χ3v) is 5.61. The molecule has 31 heavy (non-hydrogen) atoms. The molecule has 0 saturated heterocycles. The number of carbonyl (C=O) groups is 1. The second-order valence-electron chi connectivity index (χ2n) is 6.36. The molecule has 0 unspecified atom stereocenters. The van der Waals surface area contributed by atoms with Gasteiger partial charge in [-0.3, -0.25) is 14.3 Å². The number of benzene rings is 1. The van der Waals surface area contributed by atoms with Crippen molar-refractivity contribution in [2.75, 3.05) is 0 Å². The van der Waals surface area contributed by atoms with Gasteiger partial charge in [0, 0.05) is 12.3 Å². The maximum atomic E-state index is 14.6. The standard InChI is InChI=1S/C19H14ClFN6O3S/c1-10-18(31-17(25-10)16(22)28)30-15-5-4-11(7-13(15)21)27-19(29)26(9-24-27)8-14-12(20)3-2-6-23-14/h2-7,9H,8H2,1H3,(H2,22,28). The van der Waals surface area contributed by atoms with Gasteiger partial charge in [-0.15, -0.1) is 0 Å². The number of primary amides is 1. The van der Waals surface area contributed by atoms with Gasteiger partial charge in [-0.2, -0.15) is 9.78 Å². The zero-order valence-corrected chi connectivity index (χ0v) is 17.5. The third-order valence-electron chi connectivity index (χ3n) is 4.22. The Kier molecular flexibility index (Phi) is 5.53. The first kappa shape index (κ1) is 20.7. The van der Waals surface area contributed by atoms with E-state index in [9.17, 15) is 14.0 Å². The minimum absolute atomic E-state index is 0.0645. The van der Waals surface area contributed by atoms with Crippen molar-refractivity contribution in [3.05, 3.63) is 80.6 Å². The van der Waals surface area contributed by atoms with Crippen LogP contribution in [0.5, 0.6) is 10.8 Å². The van der Waals surface area contributed by atoms with Crippen LogP contribution >= 0.6 is 22.9 Å². The molecule has 3 heterocycles. The maximum absolute atomic E-state index is 14.6. The monoisotopic (exact) mass is 460 g/mol. The van der Waals surface area contributed by atoms with Crippen molar-refractivity contribution in [1.29, 1.82) is 0 Å². The van der Waals surface area contributed by atoms with E-state index in [1.807, 2.05) is 0 Å². The van der Waals surface area contributed by atoms with E-state index in [0.717, 1.165) is 22.1 Å². The van der Waals surface area contributed by atoms with E-state index < -0.39 is 17.4 Å². The van der Waals surface area contributed by atoms with E-state index in [-0.39, 0.29) is 28.1 Å². The molecule has 2 N–H and O–H groups in total. The van der Waals surface area contributed by atoms with Crippen molar-refractivity contribution >= 4 is 28.8 Å². The van der Waals surface area contributed by atoms with Crippen LogP contribution < -0.4 is 16.2 Å². The van der Waals surface area contributed by atoms with Gasteiger partial charge >= 0.3 is 5.69 Å². The largest absolute Gasteiger partial charge is 0.442 e. The minimum atomic E-state index is -0.722. The average Bonchev–Trinajstić information content (AvgIpc) is 3.28. The summed E-state index contributed by atoms with van der Waals surface area (Å²) in [4.78, 5) is 32.0. The number of aromatic nitrogens is 5. The summed E-state index contributed by atoms with van der Waals surface area (Å²) in [5.41, 5.74) is 5.84. The van der Waals surface area contributed by atoms with Crippen LogP contribution in [0.1, 0.15) is 21.2 Å². The van der Waals surface area contributed by atoms with Crippen molar-refractivity contribution < 1.29 is 13.9 Å². The van der Waals surface area contributed by atoms with Gasteiger partial charge in [0.2, 0.25) is 5.06 Å². The number of hydrogen-bond acceptors (Lipinski definition) is 7. The van der Waals surface area contributed by atoms with Crippen molar-refractivity contribution in [2.24, 2.45) is 5.73 Å². The molecule has 3 aromatic heterocycles. The zero-order chi connectivity index (χ0) is 22.1. The highest BCUT2D eigenvalue weighted by atomic mass is 35.5. The lowest BCUT2D eigenvalue weighted by Gasteiger charge is -2.07. The first-order valence-corrected chi connectivity index (χ1v) is 10.0. The molecule has 0 saturated carbocycles. The Morgan fingerprint density at radius 2 is 2.16 bits per heavy atom. The van der Waals surface area contributed by atoms with E-state index in [1.54, 1.807) is 25.3 Å². The molecule has 4 rings (SSSR count). The Balaban J connectivity index is 1.59. The SMILES string of the molecule is Cc1nc(C(N)=O)sc1Oc1ccc(-n2ncn(Cc3ncccc3Cl)c2=O)cc1F. The first-order valence-electron chi connectivity index (χ1n) is 8.82. The number of pyridine rings is 1. The Morgan fingerprint density at radius 1 is 1.35 bits per heavy atom. The van der Waals surface area contributed by atoms with E-state index in [4.69, 9.17) is 22.1 Å². The number of ether oxygens (including phenoxy) is 1.